The molecule has 0 spiro atoms. The quantitative estimate of drug-likeness (QED) is 0.0278. The Bertz CT molecular complexity index is 815. The Balaban J connectivity index is 0. The molecule has 0 saturated carbocycles. The van der Waals surface area contributed by atoms with Gasteiger partial charge in [0.25, 0.3) is 0 Å². The van der Waals surface area contributed by atoms with Crippen LogP contribution in [0.5, 0.6) is 0 Å². The predicted octanol–water partition coefficient (Wildman–Crippen LogP) is 10.6. The third kappa shape index (κ3) is 33.4. The maximum atomic E-state index is 12.7. The Morgan fingerprint density at radius 2 is 1.00 bits per heavy atom. The zero-order valence-electron chi connectivity index (χ0n) is 33.3. The fourth-order valence-corrected chi connectivity index (χ4v) is 6.12. The van der Waals surface area contributed by atoms with Crippen molar-refractivity contribution in [2.75, 3.05) is 32.8 Å². The van der Waals surface area contributed by atoms with Crippen LogP contribution in [0.25, 0.3) is 0 Å². The minimum absolute atomic E-state index is 0. The minimum Gasteiger partial charge on any atom is -0.538 e. The van der Waals surface area contributed by atoms with E-state index in [4.69, 9.17) is 14.2 Å². The number of hydrogen-bond acceptors (Lipinski definition) is 8. The van der Waals surface area contributed by atoms with Crippen molar-refractivity contribution in [1.82, 2.24) is 4.90 Å². The van der Waals surface area contributed by atoms with Crippen molar-refractivity contribution >= 4 is 24.2 Å². The van der Waals surface area contributed by atoms with Crippen molar-refractivity contribution in [2.24, 2.45) is 0 Å². The van der Waals surface area contributed by atoms with Gasteiger partial charge in [0, 0.05) is 12.0 Å². The first-order valence-corrected chi connectivity index (χ1v) is 20.8. The van der Waals surface area contributed by atoms with Crippen molar-refractivity contribution in [3.63, 3.8) is 0 Å². The number of esters is 3. The van der Waals surface area contributed by atoms with E-state index >= 15 is 0 Å². The first kappa shape index (κ1) is 52.2. The summed E-state index contributed by atoms with van der Waals surface area (Å²) in [5.41, 5.74) is -2.03. The summed E-state index contributed by atoms with van der Waals surface area (Å²) in [6.07, 6.45) is 28.7. The number of ether oxygens (including phenoxy) is 3. The number of carbonyl (C=O) groups excluding carboxylic acids is 4. The summed E-state index contributed by atoms with van der Waals surface area (Å²) < 4.78 is 16.2. The smallest absolute Gasteiger partial charge is 0.538 e. The van der Waals surface area contributed by atoms with Crippen molar-refractivity contribution in [3.8, 4) is 0 Å². The molecular formula is C42H77NO7U. The van der Waals surface area contributed by atoms with Gasteiger partial charge < -0.3 is 30.8 Å². The van der Waals surface area contributed by atoms with Crippen LogP contribution >= 0.6 is 0 Å². The first-order chi connectivity index (χ1) is 24.4. The molecule has 0 aliphatic carbocycles. The average molecular weight is 946 g/mol. The second-order valence-electron chi connectivity index (χ2n) is 14.2. The molecule has 1 heterocycles. The van der Waals surface area contributed by atoms with E-state index in [1.54, 1.807) is 6.29 Å². The normalized spacial score (nSPS) is 13.7. The van der Waals surface area contributed by atoms with Gasteiger partial charge in [0.15, 0.2) is 0 Å². The summed E-state index contributed by atoms with van der Waals surface area (Å²) in [6, 6.07) is 0. The fourth-order valence-electron chi connectivity index (χ4n) is 6.12. The second kappa shape index (κ2) is 38.8. The molecule has 0 bridgehead atoms. The van der Waals surface area contributed by atoms with E-state index in [0.29, 0.717) is 6.42 Å². The molecule has 1 saturated heterocycles. The number of rotatable bonds is 33. The van der Waals surface area contributed by atoms with Gasteiger partial charge in [-0.25, -0.2) is 6.29 Å². The molecule has 0 aromatic carbocycles. The summed E-state index contributed by atoms with van der Waals surface area (Å²) in [7, 11) is 0. The average Bonchev–Trinajstić information content (AvgIpc) is 3.63. The van der Waals surface area contributed by atoms with Crippen molar-refractivity contribution in [3.05, 3.63) is 6.92 Å². The summed E-state index contributed by atoms with van der Waals surface area (Å²) in [5.74, 6) is -1.97. The van der Waals surface area contributed by atoms with Crippen molar-refractivity contribution < 1.29 is 64.5 Å². The topological polar surface area (TPSA) is 99.2 Å². The third-order valence-corrected chi connectivity index (χ3v) is 9.28. The number of carbonyl (C=O) groups is 3. The minimum atomic E-state index is -2.03. The molecular weight excluding hydrogens is 868 g/mol. The van der Waals surface area contributed by atoms with Gasteiger partial charge >= 0.3 is 49.0 Å². The molecule has 0 aromatic rings. The Labute approximate surface area is 337 Å². The van der Waals surface area contributed by atoms with E-state index in [2.05, 4.69) is 32.6 Å². The SMILES string of the molecule is CCCCCCCCCOC(=O)CC([C-]=O)(CC(=O)OCCCCCCCC)OC(=O)CCCCCCN1CCCC1.[CH2-]CCCCCCC.[U+2]. The zero-order valence-corrected chi connectivity index (χ0v) is 37.5. The van der Waals surface area contributed by atoms with Crippen LogP contribution in [0.3, 0.4) is 0 Å². The Morgan fingerprint density at radius 3 is 1.45 bits per heavy atom. The van der Waals surface area contributed by atoms with Gasteiger partial charge in [-0.05, 0) is 58.2 Å². The molecule has 1 unspecified atom stereocenters. The first-order valence-electron chi connectivity index (χ1n) is 20.8. The van der Waals surface area contributed by atoms with Crippen molar-refractivity contribution in [1.29, 1.82) is 0 Å². The molecule has 0 amide bonds. The van der Waals surface area contributed by atoms with Gasteiger partial charge in [-0.3, -0.25) is 14.4 Å². The van der Waals surface area contributed by atoms with Crippen LogP contribution in [0.1, 0.15) is 201 Å². The van der Waals surface area contributed by atoms with E-state index in [1.165, 1.54) is 90.1 Å². The fraction of sp³-hybridized carbons (Fsp3) is 0.881. The van der Waals surface area contributed by atoms with Gasteiger partial charge in [0.2, 0.25) is 0 Å². The maximum absolute atomic E-state index is 12.7. The van der Waals surface area contributed by atoms with E-state index in [9.17, 15) is 19.2 Å². The van der Waals surface area contributed by atoms with Crippen LogP contribution in [0.15, 0.2) is 0 Å². The molecule has 1 aliphatic heterocycles. The molecule has 1 atom stereocenters. The van der Waals surface area contributed by atoms with Crippen LogP contribution in [-0.4, -0.2) is 67.5 Å². The van der Waals surface area contributed by atoms with Crippen LogP contribution in [0.2, 0.25) is 0 Å². The van der Waals surface area contributed by atoms with E-state index in [-0.39, 0.29) is 50.7 Å². The standard InChI is InChI=1S/C34H60NO7.C8H17.U/c1-3-5-7-9-11-15-21-27-41-33(39)29-34(30-36,28-32(38)40-26-20-14-10-8-6-4-2)42-31(37)22-16-12-13-17-23-35-24-18-19-25-35;1-3-5-7-8-6-4-2;/h3-29H2,1-2H3;1,3-8H2,2H3;/q2*-1;+2. The molecule has 51 heavy (non-hydrogen) atoms. The zero-order chi connectivity index (χ0) is 37.0. The summed E-state index contributed by atoms with van der Waals surface area (Å²) >= 11 is 0. The number of hydrogen-bond donors (Lipinski definition) is 0. The molecule has 8 nitrogen and oxygen atoms in total. The van der Waals surface area contributed by atoms with Gasteiger partial charge in [0.1, 0.15) is 0 Å². The monoisotopic (exact) mass is 946 g/mol. The van der Waals surface area contributed by atoms with E-state index in [0.717, 1.165) is 83.6 Å². The summed E-state index contributed by atoms with van der Waals surface area (Å²) in [6.45, 7) is 14.3. The van der Waals surface area contributed by atoms with Crippen LogP contribution in [-0.2, 0) is 33.4 Å². The van der Waals surface area contributed by atoms with E-state index in [1.807, 2.05) is 0 Å². The van der Waals surface area contributed by atoms with Gasteiger partial charge in [-0.15, -0.1) is 0 Å². The van der Waals surface area contributed by atoms with Gasteiger partial charge in [-0.2, -0.15) is 6.42 Å². The molecule has 296 valence electrons. The molecule has 1 rings (SSSR count). The number of likely N-dealkylation sites (tertiary alicyclic amines) is 1. The molecule has 1 fully saturated rings. The van der Waals surface area contributed by atoms with Gasteiger partial charge in [0.05, 0.1) is 26.1 Å². The largest absolute Gasteiger partial charge is 2.00 e. The predicted molar refractivity (Wildman–Crippen MR) is 205 cm³/mol. The van der Waals surface area contributed by atoms with E-state index < -0.39 is 36.4 Å². The number of unbranched alkanes of at least 4 members (excludes halogenated alkanes) is 19. The Kier molecular flexibility index (Phi) is 39.7. The number of nitrogens with zero attached hydrogens (tertiary/aromatic N) is 1. The molecule has 0 aromatic heterocycles. The molecule has 0 N–H and O–H groups in total. The summed E-state index contributed by atoms with van der Waals surface area (Å²) in [5, 5.41) is 0. The molecule has 1 aliphatic rings. The Morgan fingerprint density at radius 1 is 0.588 bits per heavy atom. The van der Waals surface area contributed by atoms with Crippen LogP contribution in [0.4, 0.5) is 0 Å². The second-order valence-corrected chi connectivity index (χ2v) is 14.2. The maximum Gasteiger partial charge on any atom is 2.00 e. The van der Waals surface area contributed by atoms with Gasteiger partial charge in [-0.1, -0.05) is 136 Å². The van der Waals surface area contributed by atoms with Crippen LogP contribution in [0, 0.1) is 38.0 Å². The van der Waals surface area contributed by atoms with Crippen LogP contribution < -0.4 is 0 Å². The van der Waals surface area contributed by atoms with Crippen molar-refractivity contribution in [2.45, 2.75) is 206 Å². The summed E-state index contributed by atoms with van der Waals surface area (Å²) in [4.78, 5) is 52.6. The third-order valence-electron chi connectivity index (χ3n) is 9.28. The molecule has 9 heteroatoms. The Hall–Kier alpha value is -0.908. The molecule has 0 radical (unpaired) electrons.